The second-order valence-electron chi connectivity index (χ2n) is 7.29. The Balaban J connectivity index is 1.86. The Hall–Kier alpha value is -2.08. The molecule has 2 unspecified atom stereocenters. The van der Waals surface area contributed by atoms with E-state index in [1.54, 1.807) is 0 Å². The first kappa shape index (κ1) is 21.2. The Morgan fingerprint density at radius 3 is 2.74 bits per heavy atom. The molecule has 1 amide bonds. The van der Waals surface area contributed by atoms with Crippen LogP contribution in [0.1, 0.15) is 39.2 Å². The fourth-order valence-electron chi connectivity index (χ4n) is 3.23. The molecule has 150 valence electrons. The van der Waals surface area contributed by atoms with Crippen molar-refractivity contribution in [1.82, 2.24) is 20.4 Å². The highest BCUT2D eigenvalue weighted by atomic mass is 16.2. The van der Waals surface area contributed by atoms with Crippen LogP contribution in [0, 0.1) is 0 Å². The molecular weight excluding hydrogens is 338 g/mol. The molecule has 2 rings (SSSR count). The van der Waals surface area contributed by atoms with Crippen molar-refractivity contribution in [2.24, 2.45) is 4.99 Å². The van der Waals surface area contributed by atoms with Crippen LogP contribution < -0.4 is 10.6 Å². The van der Waals surface area contributed by atoms with E-state index in [-0.39, 0.29) is 11.9 Å². The minimum absolute atomic E-state index is 0.234. The van der Waals surface area contributed by atoms with Crippen LogP contribution in [0.4, 0.5) is 0 Å². The minimum atomic E-state index is 0.234. The molecule has 1 saturated heterocycles. The van der Waals surface area contributed by atoms with E-state index >= 15 is 0 Å². The normalized spacial score (nSPS) is 18.6. The van der Waals surface area contributed by atoms with Crippen LogP contribution in [-0.2, 0) is 11.3 Å². The number of rotatable bonds is 8. The number of nitrogens with zero attached hydrogens (tertiary/aromatic N) is 3. The lowest BCUT2D eigenvalue weighted by atomic mass is 10.2. The second kappa shape index (κ2) is 10.9. The Bertz CT molecular complexity index is 604. The molecule has 6 nitrogen and oxygen atoms in total. The summed E-state index contributed by atoms with van der Waals surface area (Å²) < 4.78 is 0. The summed E-state index contributed by atoms with van der Waals surface area (Å²) in [5.41, 5.74) is 1.31. The van der Waals surface area contributed by atoms with Gasteiger partial charge in [-0.2, -0.15) is 0 Å². The van der Waals surface area contributed by atoms with Crippen molar-refractivity contribution in [3.05, 3.63) is 35.9 Å². The molecule has 0 saturated carbocycles. The molecule has 1 aliphatic heterocycles. The van der Waals surface area contributed by atoms with E-state index < -0.39 is 0 Å². The van der Waals surface area contributed by atoms with Crippen molar-refractivity contribution in [3.63, 3.8) is 0 Å². The molecular formula is C21H35N5O. The maximum Gasteiger partial charge on any atom is 0.222 e. The Morgan fingerprint density at radius 2 is 2.07 bits per heavy atom. The zero-order chi connectivity index (χ0) is 19.6. The third-order valence-electron chi connectivity index (χ3n) is 5.07. The highest BCUT2D eigenvalue weighted by Gasteiger charge is 2.25. The van der Waals surface area contributed by atoms with Crippen molar-refractivity contribution in [2.75, 3.05) is 33.2 Å². The summed E-state index contributed by atoms with van der Waals surface area (Å²) in [6.45, 7) is 10.3. The first-order valence-electron chi connectivity index (χ1n) is 10.1. The van der Waals surface area contributed by atoms with Gasteiger partial charge in [0.05, 0.1) is 6.54 Å². The molecule has 0 bridgehead atoms. The van der Waals surface area contributed by atoms with Crippen LogP contribution >= 0.6 is 0 Å². The van der Waals surface area contributed by atoms with E-state index in [1.165, 1.54) is 5.56 Å². The lowest BCUT2D eigenvalue weighted by molar-refractivity contribution is -0.129. The molecule has 1 heterocycles. The average Bonchev–Trinajstić information content (AvgIpc) is 3.14. The molecule has 1 fully saturated rings. The lowest BCUT2D eigenvalue weighted by Crippen LogP contribution is -2.45. The second-order valence-corrected chi connectivity index (χ2v) is 7.29. The third-order valence-corrected chi connectivity index (χ3v) is 5.07. The largest absolute Gasteiger partial charge is 0.357 e. The number of carbonyl (C=O) groups is 1. The zero-order valence-corrected chi connectivity index (χ0v) is 17.2. The molecule has 0 aliphatic carbocycles. The summed E-state index contributed by atoms with van der Waals surface area (Å²) in [5.74, 6) is 1.07. The van der Waals surface area contributed by atoms with Gasteiger partial charge in [-0.3, -0.25) is 14.7 Å². The van der Waals surface area contributed by atoms with Crippen LogP contribution in [-0.4, -0.2) is 67.0 Å². The number of hydrogen-bond acceptors (Lipinski definition) is 3. The molecule has 0 aromatic heterocycles. The third kappa shape index (κ3) is 6.86. The molecule has 2 atom stereocenters. The van der Waals surface area contributed by atoms with Gasteiger partial charge >= 0.3 is 0 Å². The van der Waals surface area contributed by atoms with Gasteiger partial charge in [0.15, 0.2) is 5.96 Å². The monoisotopic (exact) mass is 373 g/mol. The number of likely N-dealkylation sites (tertiary alicyclic amines) is 1. The molecule has 1 aliphatic rings. The zero-order valence-electron chi connectivity index (χ0n) is 17.2. The number of carbonyl (C=O) groups excluding carboxylic acids is 1. The summed E-state index contributed by atoms with van der Waals surface area (Å²) in [6, 6.07) is 11.1. The van der Waals surface area contributed by atoms with Gasteiger partial charge in [-0.05, 0) is 32.9 Å². The number of likely N-dealkylation sites (N-methyl/N-ethyl adjacent to an activating group) is 1. The first-order valence-corrected chi connectivity index (χ1v) is 10.1. The number of benzene rings is 1. The highest BCUT2D eigenvalue weighted by Crippen LogP contribution is 2.10. The SMILES string of the molecule is CCNC(=NCC(C)N(C)Cc1ccccc1)NC1CCN(C(=O)CC)C1. The topological polar surface area (TPSA) is 60.0 Å². The Labute approximate surface area is 164 Å². The quantitative estimate of drug-likeness (QED) is 0.541. The number of nitrogens with one attached hydrogen (secondary N) is 2. The number of hydrogen-bond donors (Lipinski definition) is 2. The van der Waals surface area contributed by atoms with Crippen LogP contribution in [0.5, 0.6) is 0 Å². The predicted molar refractivity (Wildman–Crippen MR) is 112 cm³/mol. The number of amides is 1. The number of guanidine groups is 1. The summed E-state index contributed by atoms with van der Waals surface area (Å²) in [5, 5.41) is 6.82. The summed E-state index contributed by atoms with van der Waals surface area (Å²) in [4.78, 5) is 20.9. The van der Waals surface area contributed by atoms with Gasteiger partial charge < -0.3 is 15.5 Å². The van der Waals surface area contributed by atoms with Crippen molar-refractivity contribution < 1.29 is 4.79 Å². The van der Waals surface area contributed by atoms with E-state index in [4.69, 9.17) is 4.99 Å². The fourth-order valence-corrected chi connectivity index (χ4v) is 3.23. The van der Waals surface area contributed by atoms with E-state index in [0.29, 0.717) is 12.5 Å². The van der Waals surface area contributed by atoms with E-state index in [1.807, 2.05) is 17.9 Å². The van der Waals surface area contributed by atoms with E-state index in [2.05, 4.69) is 60.7 Å². The molecule has 2 N–H and O–H groups in total. The van der Waals surface area contributed by atoms with Crippen LogP contribution in [0.2, 0.25) is 0 Å². The van der Waals surface area contributed by atoms with E-state index in [9.17, 15) is 4.79 Å². The summed E-state index contributed by atoms with van der Waals surface area (Å²) in [6.07, 6.45) is 1.55. The average molecular weight is 374 g/mol. The summed E-state index contributed by atoms with van der Waals surface area (Å²) >= 11 is 0. The number of aliphatic imine (C=N–C) groups is 1. The van der Waals surface area contributed by atoms with Crippen molar-refractivity contribution >= 4 is 11.9 Å². The van der Waals surface area contributed by atoms with Gasteiger partial charge in [-0.25, -0.2) is 0 Å². The van der Waals surface area contributed by atoms with Crippen molar-refractivity contribution in [3.8, 4) is 0 Å². The Morgan fingerprint density at radius 1 is 1.33 bits per heavy atom. The molecule has 1 aromatic carbocycles. The van der Waals surface area contributed by atoms with Crippen molar-refractivity contribution in [2.45, 2.75) is 52.2 Å². The van der Waals surface area contributed by atoms with Crippen LogP contribution in [0.15, 0.2) is 35.3 Å². The smallest absolute Gasteiger partial charge is 0.222 e. The van der Waals surface area contributed by atoms with Crippen molar-refractivity contribution in [1.29, 1.82) is 0 Å². The van der Waals surface area contributed by atoms with E-state index in [0.717, 1.165) is 45.1 Å². The molecule has 6 heteroatoms. The van der Waals surface area contributed by atoms with Gasteiger partial charge in [0.2, 0.25) is 5.91 Å². The first-order chi connectivity index (χ1) is 13.0. The summed E-state index contributed by atoms with van der Waals surface area (Å²) in [7, 11) is 2.14. The van der Waals surface area contributed by atoms with Crippen LogP contribution in [0.25, 0.3) is 0 Å². The maximum absolute atomic E-state index is 11.9. The molecule has 0 spiro atoms. The minimum Gasteiger partial charge on any atom is -0.357 e. The van der Waals surface area contributed by atoms with Crippen LogP contribution in [0.3, 0.4) is 0 Å². The predicted octanol–water partition coefficient (Wildman–Crippen LogP) is 2.07. The fraction of sp³-hybridized carbons (Fsp3) is 0.619. The molecule has 0 radical (unpaired) electrons. The molecule has 1 aromatic rings. The van der Waals surface area contributed by atoms with Gasteiger partial charge in [0.25, 0.3) is 0 Å². The Kier molecular flexibility index (Phi) is 8.58. The van der Waals surface area contributed by atoms with Gasteiger partial charge in [0, 0.05) is 44.7 Å². The maximum atomic E-state index is 11.9. The standard InChI is InChI=1S/C21H35N5O/c1-5-20(27)26-13-12-19(16-26)24-21(22-6-2)23-14-17(3)25(4)15-18-10-8-7-9-11-18/h7-11,17,19H,5-6,12-16H2,1-4H3,(H2,22,23,24). The highest BCUT2D eigenvalue weighted by molar-refractivity contribution is 5.80. The van der Waals surface area contributed by atoms with Gasteiger partial charge in [-0.1, -0.05) is 37.3 Å². The van der Waals surface area contributed by atoms with Gasteiger partial charge in [0.1, 0.15) is 0 Å². The lowest BCUT2D eigenvalue weighted by Gasteiger charge is -2.24. The van der Waals surface area contributed by atoms with Gasteiger partial charge in [-0.15, -0.1) is 0 Å². The molecule has 27 heavy (non-hydrogen) atoms.